The summed E-state index contributed by atoms with van der Waals surface area (Å²) in [5.41, 5.74) is 7.09. The van der Waals surface area contributed by atoms with Crippen molar-refractivity contribution in [2.75, 3.05) is 0 Å². The first-order valence-electron chi connectivity index (χ1n) is 8.99. The number of pyridine rings is 3. The number of rotatable bonds is 3. The van der Waals surface area contributed by atoms with E-state index in [0.29, 0.717) is 11.5 Å². The van der Waals surface area contributed by atoms with Crippen molar-refractivity contribution in [3.8, 4) is 33.9 Å². The van der Waals surface area contributed by atoms with Crippen molar-refractivity contribution >= 4 is 33.4 Å². The van der Waals surface area contributed by atoms with E-state index in [2.05, 4.69) is 47.6 Å². The zero-order chi connectivity index (χ0) is 19.2. The van der Waals surface area contributed by atoms with Gasteiger partial charge in [-0.05, 0) is 29.6 Å². The van der Waals surface area contributed by atoms with Crippen molar-refractivity contribution in [3.05, 3.63) is 65.9 Å². The molecule has 6 aromatic heterocycles. The minimum atomic E-state index is 0.681. The molecule has 2 N–H and O–H groups in total. The molecule has 6 heterocycles. The Morgan fingerprint density at radius 1 is 0.897 bits per heavy atom. The highest BCUT2D eigenvalue weighted by molar-refractivity contribution is 7.08. The molecule has 0 saturated heterocycles. The van der Waals surface area contributed by atoms with Crippen molar-refractivity contribution in [2.45, 2.75) is 0 Å². The molecule has 0 unspecified atom stereocenters. The Bertz CT molecular complexity index is 1450. The van der Waals surface area contributed by atoms with Crippen LogP contribution in [-0.2, 0) is 0 Å². The fraction of sp³-hybridized carbons (Fsp3) is 0. The van der Waals surface area contributed by atoms with Crippen LogP contribution in [0, 0.1) is 0 Å². The van der Waals surface area contributed by atoms with Crippen LogP contribution in [0.15, 0.2) is 65.9 Å². The van der Waals surface area contributed by atoms with Crippen LogP contribution in [0.4, 0.5) is 0 Å². The third-order valence-electron chi connectivity index (χ3n) is 4.83. The summed E-state index contributed by atoms with van der Waals surface area (Å²) in [5.74, 6) is 0.681. The van der Waals surface area contributed by atoms with Crippen molar-refractivity contribution in [1.82, 2.24) is 35.1 Å². The molecular formula is C21H13N7S. The van der Waals surface area contributed by atoms with Gasteiger partial charge < -0.3 is 4.98 Å². The SMILES string of the molecule is c1cncc(-c2cnc3[nH]nc(-c4nc5c(-c6ccsc6)nccc5[nH]4)c3c2)c1. The lowest BCUT2D eigenvalue weighted by atomic mass is 10.1. The molecule has 0 spiro atoms. The molecule has 0 aromatic carbocycles. The van der Waals surface area contributed by atoms with Crippen LogP contribution in [0.5, 0.6) is 0 Å². The van der Waals surface area contributed by atoms with Crippen LogP contribution in [-0.4, -0.2) is 35.1 Å². The Morgan fingerprint density at radius 3 is 2.76 bits per heavy atom. The maximum atomic E-state index is 4.83. The van der Waals surface area contributed by atoms with Gasteiger partial charge in [0, 0.05) is 46.9 Å². The maximum absolute atomic E-state index is 4.83. The van der Waals surface area contributed by atoms with E-state index in [0.717, 1.165) is 44.5 Å². The van der Waals surface area contributed by atoms with Gasteiger partial charge in [0.05, 0.1) is 16.6 Å². The molecule has 6 aromatic rings. The molecule has 6 rings (SSSR count). The van der Waals surface area contributed by atoms with E-state index in [-0.39, 0.29) is 0 Å². The number of nitrogens with zero attached hydrogens (tertiary/aromatic N) is 5. The van der Waals surface area contributed by atoms with Gasteiger partial charge in [-0.15, -0.1) is 0 Å². The number of H-pyrrole nitrogens is 2. The van der Waals surface area contributed by atoms with Crippen LogP contribution in [0.3, 0.4) is 0 Å². The average molecular weight is 395 g/mol. The molecule has 0 aliphatic rings. The molecule has 0 saturated carbocycles. The van der Waals surface area contributed by atoms with Crippen molar-refractivity contribution < 1.29 is 0 Å². The molecular weight excluding hydrogens is 382 g/mol. The Morgan fingerprint density at radius 2 is 1.90 bits per heavy atom. The van der Waals surface area contributed by atoms with Gasteiger partial charge in [0.15, 0.2) is 11.5 Å². The normalized spacial score (nSPS) is 11.4. The summed E-state index contributed by atoms with van der Waals surface area (Å²) in [4.78, 5) is 21.5. The lowest BCUT2D eigenvalue weighted by molar-refractivity contribution is 1.09. The summed E-state index contributed by atoms with van der Waals surface area (Å²) in [6, 6.07) is 9.96. The number of aromatic amines is 2. The number of fused-ring (bicyclic) bond motifs is 2. The van der Waals surface area contributed by atoms with Crippen LogP contribution < -0.4 is 0 Å². The van der Waals surface area contributed by atoms with Crippen LogP contribution >= 0.6 is 11.3 Å². The molecule has 0 aliphatic heterocycles. The minimum Gasteiger partial charge on any atom is -0.336 e. The first kappa shape index (κ1) is 16.1. The Kier molecular flexibility index (Phi) is 3.50. The van der Waals surface area contributed by atoms with E-state index >= 15 is 0 Å². The number of hydrogen-bond acceptors (Lipinski definition) is 6. The lowest BCUT2D eigenvalue weighted by Crippen LogP contribution is -1.85. The Hall–Kier alpha value is -3.91. The summed E-state index contributed by atoms with van der Waals surface area (Å²) in [6.45, 7) is 0. The van der Waals surface area contributed by atoms with Crippen molar-refractivity contribution in [2.24, 2.45) is 0 Å². The third-order valence-corrected chi connectivity index (χ3v) is 5.51. The monoisotopic (exact) mass is 395 g/mol. The summed E-state index contributed by atoms with van der Waals surface area (Å²) in [5, 5.41) is 12.5. The highest BCUT2D eigenvalue weighted by atomic mass is 32.1. The quantitative estimate of drug-likeness (QED) is 0.453. The molecule has 0 amide bonds. The molecule has 0 radical (unpaired) electrons. The fourth-order valence-electron chi connectivity index (χ4n) is 3.43. The molecule has 138 valence electrons. The molecule has 29 heavy (non-hydrogen) atoms. The van der Waals surface area contributed by atoms with E-state index in [1.54, 1.807) is 23.7 Å². The van der Waals surface area contributed by atoms with Crippen LogP contribution in [0.1, 0.15) is 0 Å². The second-order valence-electron chi connectivity index (χ2n) is 6.59. The summed E-state index contributed by atoms with van der Waals surface area (Å²) in [6.07, 6.45) is 7.19. The van der Waals surface area contributed by atoms with E-state index in [9.17, 15) is 0 Å². The Balaban J connectivity index is 1.53. The number of hydrogen-bond donors (Lipinski definition) is 2. The van der Waals surface area contributed by atoms with Crippen LogP contribution in [0.2, 0.25) is 0 Å². The lowest BCUT2D eigenvalue weighted by Gasteiger charge is -2.00. The van der Waals surface area contributed by atoms with Gasteiger partial charge in [-0.1, -0.05) is 6.07 Å². The first-order valence-corrected chi connectivity index (χ1v) is 9.93. The smallest absolute Gasteiger partial charge is 0.159 e. The molecule has 8 heteroatoms. The highest BCUT2D eigenvalue weighted by Gasteiger charge is 2.17. The largest absolute Gasteiger partial charge is 0.336 e. The van der Waals surface area contributed by atoms with Gasteiger partial charge in [0.2, 0.25) is 0 Å². The maximum Gasteiger partial charge on any atom is 0.159 e. The van der Waals surface area contributed by atoms with Crippen LogP contribution in [0.25, 0.3) is 56.0 Å². The minimum absolute atomic E-state index is 0.681. The van der Waals surface area contributed by atoms with E-state index in [1.807, 2.05) is 36.0 Å². The number of nitrogens with one attached hydrogen (secondary N) is 2. The first-order chi connectivity index (χ1) is 14.4. The summed E-state index contributed by atoms with van der Waals surface area (Å²) >= 11 is 1.64. The number of imidazole rings is 1. The van der Waals surface area contributed by atoms with E-state index < -0.39 is 0 Å². The van der Waals surface area contributed by atoms with Gasteiger partial charge in [0.1, 0.15) is 11.2 Å². The van der Waals surface area contributed by atoms with Gasteiger partial charge in [-0.25, -0.2) is 9.97 Å². The zero-order valence-corrected chi connectivity index (χ0v) is 15.8. The number of aromatic nitrogens is 7. The summed E-state index contributed by atoms with van der Waals surface area (Å²) < 4.78 is 0. The summed E-state index contributed by atoms with van der Waals surface area (Å²) in [7, 11) is 0. The fourth-order valence-corrected chi connectivity index (χ4v) is 4.07. The topological polar surface area (TPSA) is 96.0 Å². The van der Waals surface area contributed by atoms with Crippen molar-refractivity contribution in [3.63, 3.8) is 0 Å². The van der Waals surface area contributed by atoms with Gasteiger partial charge in [0.25, 0.3) is 0 Å². The molecule has 0 fully saturated rings. The predicted molar refractivity (Wildman–Crippen MR) is 113 cm³/mol. The van der Waals surface area contributed by atoms with Gasteiger partial charge >= 0.3 is 0 Å². The molecule has 7 nitrogen and oxygen atoms in total. The molecule has 0 aliphatic carbocycles. The molecule has 0 bridgehead atoms. The van der Waals surface area contributed by atoms with Gasteiger partial charge in [-0.3, -0.25) is 15.1 Å². The average Bonchev–Trinajstić information content (AvgIpc) is 3.52. The second-order valence-corrected chi connectivity index (χ2v) is 7.37. The third kappa shape index (κ3) is 2.61. The van der Waals surface area contributed by atoms with Crippen molar-refractivity contribution in [1.29, 1.82) is 0 Å². The predicted octanol–water partition coefficient (Wildman–Crippen LogP) is 4.69. The highest BCUT2D eigenvalue weighted by Crippen LogP contribution is 2.31. The number of thiophene rings is 1. The van der Waals surface area contributed by atoms with Gasteiger partial charge in [-0.2, -0.15) is 16.4 Å². The van der Waals surface area contributed by atoms with E-state index in [4.69, 9.17) is 4.98 Å². The Labute approximate surface area is 168 Å². The van der Waals surface area contributed by atoms with E-state index in [1.165, 1.54) is 0 Å². The standard InChI is InChI=1S/C21H13N7S/c1-2-12(9-22-5-1)14-8-15-18(27-28-20(15)24-10-14)21-25-16-3-6-23-17(19(16)26-21)13-4-7-29-11-13/h1-11H,(H,25,26)(H,24,27,28). The zero-order valence-electron chi connectivity index (χ0n) is 15.0. The molecule has 0 atom stereocenters. The second kappa shape index (κ2) is 6.32.